The van der Waals surface area contributed by atoms with Crippen molar-refractivity contribution in [2.45, 2.75) is 18.3 Å². The first-order valence-electron chi connectivity index (χ1n) is 17.6. The van der Waals surface area contributed by atoms with Gasteiger partial charge >= 0.3 is 0 Å². The van der Waals surface area contributed by atoms with E-state index in [1.54, 1.807) is 79.9 Å². The smallest absolute Gasteiger partial charge is 0.260 e. The van der Waals surface area contributed by atoms with E-state index in [0.717, 1.165) is 10.6 Å². The first kappa shape index (κ1) is 36.7. The fourth-order valence-corrected chi connectivity index (χ4v) is 9.52. The van der Waals surface area contributed by atoms with Crippen LogP contribution in [-0.2, 0) is 24.6 Å². The van der Waals surface area contributed by atoms with Crippen LogP contribution in [0.5, 0.6) is 17.2 Å². The zero-order valence-electron chi connectivity index (χ0n) is 29.5. The predicted molar refractivity (Wildman–Crippen MR) is 209 cm³/mol. The maximum absolute atomic E-state index is 15.3. The summed E-state index contributed by atoms with van der Waals surface area (Å²) < 4.78 is 10.8. The molecule has 0 radical (unpaired) electrons. The molecule has 4 aliphatic rings. The number of ether oxygens (including phenoxy) is 2. The Balaban J connectivity index is 1.31. The van der Waals surface area contributed by atoms with Crippen LogP contribution < -0.4 is 19.8 Å². The summed E-state index contributed by atoms with van der Waals surface area (Å²) in [6, 6.07) is 23.2. The highest BCUT2D eigenvalue weighted by Gasteiger charge is 2.69. The van der Waals surface area contributed by atoms with E-state index in [-0.39, 0.29) is 41.2 Å². The van der Waals surface area contributed by atoms with Crippen LogP contribution in [0.4, 0.5) is 11.4 Å². The Bertz CT molecular complexity index is 2310. The molecule has 13 heteroatoms. The quantitative estimate of drug-likeness (QED) is 0.135. The number of hydrogen-bond acceptors (Lipinski definition) is 8. The SMILES string of the molecule is COc1ccc([C@@]23C(=O)N(Nc4ccc(Cl)cc4Cl)C(=O)[C@@H]2C[C@@H]2C(=CC[C@@H]4C(=O)N(c5ccc(Cl)cc5)C(=O)[C@@H]42)[C@@H]3C=Cc2ccc(O)c(OC)c2)cc1. The van der Waals surface area contributed by atoms with Gasteiger partial charge in [-0.2, -0.15) is 5.01 Å². The normalized spacial score (nSPS) is 25.8. The summed E-state index contributed by atoms with van der Waals surface area (Å²) in [6.07, 6.45) is 6.04. The molecule has 4 aromatic rings. The molecule has 0 aromatic heterocycles. The number of hydrogen-bond donors (Lipinski definition) is 2. The summed E-state index contributed by atoms with van der Waals surface area (Å²) in [6.45, 7) is 0. The molecule has 2 N–H and O–H groups in total. The predicted octanol–water partition coefficient (Wildman–Crippen LogP) is 8.10. The van der Waals surface area contributed by atoms with E-state index in [2.05, 4.69) is 5.43 Å². The molecule has 8 rings (SSSR count). The maximum atomic E-state index is 15.3. The fraction of sp³-hybridized carbons (Fsp3) is 0.238. The Kier molecular flexibility index (Phi) is 9.39. The molecule has 55 heavy (non-hydrogen) atoms. The monoisotopic (exact) mass is 797 g/mol. The number of aromatic hydroxyl groups is 1. The van der Waals surface area contributed by atoms with Crippen LogP contribution in [0.3, 0.4) is 0 Å². The molecule has 4 amide bonds. The van der Waals surface area contributed by atoms with E-state index in [1.807, 2.05) is 18.2 Å². The van der Waals surface area contributed by atoms with Crippen LogP contribution in [0.25, 0.3) is 6.08 Å². The molecule has 0 spiro atoms. The van der Waals surface area contributed by atoms with Crippen molar-refractivity contribution in [3.63, 3.8) is 0 Å². The van der Waals surface area contributed by atoms with Gasteiger partial charge < -0.3 is 14.6 Å². The van der Waals surface area contributed by atoms with Crippen LogP contribution >= 0.6 is 34.8 Å². The van der Waals surface area contributed by atoms with Crippen molar-refractivity contribution in [1.82, 2.24) is 5.01 Å². The van der Waals surface area contributed by atoms with Crippen LogP contribution in [0, 0.1) is 29.6 Å². The standard InChI is InChI=1S/C42H34Cl3N3O7/c1-54-27-12-5-23(6-13-27)42-31(16-3-22-4-18-35(49)36(19-22)55-2)28-14-15-29-37(40(52)47(38(29)50)26-10-7-24(43)8-11-26)30(28)21-32(42)39(51)48(41(42)53)46-34-17-9-25(44)20-33(34)45/h3-14,16-20,29-32,37,46,49H,15,21H2,1-2H3/t29-,30+,31-,32-,37-,42-/m0/s1. The number of hydrazine groups is 1. The molecular weight excluding hydrogens is 765 g/mol. The molecule has 0 bridgehead atoms. The highest BCUT2D eigenvalue weighted by Crippen LogP contribution is 2.62. The zero-order valence-corrected chi connectivity index (χ0v) is 31.8. The van der Waals surface area contributed by atoms with Gasteiger partial charge in [0.15, 0.2) is 11.5 Å². The van der Waals surface area contributed by atoms with E-state index in [1.165, 1.54) is 24.1 Å². The van der Waals surface area contributed by atoms with Gasteiger partial charge in [-0.15, -0.1) is 0 Å². The molecule has 0 unspecified atom stereocenters. The number of imide groups is 2. The molecule has 1 saturated carbocycles. The number of anilines is 2. The lowest BCUT2D eigenvalue weighted by Crippen LogP contribution is -2.54. The number of nitrogens with zero attached hydrogens (tertiary/aromatic N) is 2. The van der Waals surface area contributed by atoms with Gasteiger partial charge in [0.2, 0.25) is 11.8 Å². The Morgan fingerprint density at radius 1 is 0.818 bits per heavy atom. The van der Waals surface area contributed by atoms with Crippen LogP contribution in [0.15, 0.2) is 103 Å². The van der Waals surface area contributed by atoms with Crippen molar-refractivity contribution in [2.75, 3.05) is 24.5 Å². The van der Waals surface area contributed by atoms with Gasteiger partial charge in [-0.25, -0.2) is 0 Å². The number of phenolic OH excluding ortho intramolecular Hbond substituents is 1. The first-order chi connectivity index (χ1) is 26.5. The highest BCUT2D eigenvalue weighted by molar-refractivity contribution is 6.36. The second-order valence-corrected chi connectivity index (χ2v) is 15.3. The molecule has 2 aliphatic carbocycles. The van der Waals surface area contributed by atoms with Crippen molar-refractivity contribution in [3.8, 4) is 17.2 Å². The summed E-state index contributed by atoms with van der Waals surface area (Å²) >= 11 is 18.9. The third kappa shape index (κ3) is 5.86. The van der Waals surface area contributed by atoms with Crippen molar-refractivity contribution in [3.05, 3.63) is 129 Å². The number of halogens is 3. The van der Waals surface area contributed by atoms with Crippen molar-refractivity contribution in [1.29, 1.82) is 0 Å². The van der Waals surface area contributed by atoms with Gasteiger partial charge in [0, 0.05) is 16.0 Å². The second-order valence-electron chi connectivity index (χ2n) is 14.0. The van der Waals surface area contributed by atoms with E-state index in [4.69, 9.17) is 44.3 Å². The third-order valence-corrected chi connectivity index (χ3v) is 12.2. The van der Waals surface area contributed by atoms with Gasteiger partial charge in [-0.05, 0) is 96.6 Å². The number of allylic oxidation sites excluding steroid dienone is 3. The van der Waals surface area contributed by atoms with Crippen molar-refractivity contribution >= 4 is 75.9 Å². The second kappa shape index (κ2) is 14.1. The number of benzene rings is 4. The van der Waals surface area contributed by atoms with Crippen LogP contribution in [-0.4, -0.2) is 48.0 Å². The summed E-state index contributed by atoms with van der Waals surface area (Å²) in [5, 5.41) is 12.4. The molecule has 2 heterocycles. The van der Waals surface area contributed by atoms with Crippen LogP contribution in [0.1, 0.15) is 24.0 Å². The lowest BCUT2D eigenvalue weighted by Gasteiger charge is -2.49. The van der Waals surface area contributed by atoms with Gasteiger partial charge in [-0.1, -0.05) is 76.8 Å². The minimum absolute atomic E-state index is 0.0398. The third-order valence-electron chi connectivity index (χ3n) is 11.4. The number of methoxy groups -OCH3 is 2. The molecule has 10 nitrogen and oxygen atoms in total. The Hall–Kier alpha value is -5.29. The highest BCUT2D eigenvalue weighted by atomic mass is 35.5. The average molecular weight is 799 g/mol. The molecule has 2 saturated heterocycles. The van der Waals surface area contributed by atoms with E-state index in [0.29, 0.717) is 38.3 Å². The topological polar surface area (TPSA) is 125 Å². The van der Waals surface area contributed by atoms with E-state index < -0.39 is 46.8 Å². The molecule has 3 fully saturated rings. The number of amides is 4. The summed E-state index contributed by atoms with van der Waals surface area (Å²) in [5.41, 5.74) is 4.20. The zero-order chi connectivity index (χ0) is 38.8. The molecule has 280 valence electrons. The first-order valence-corrected chi connectivity index (χ1v) is 18.7. The Morgan fingerprint density at radius 2 is 1.55 bits per heavy atom. The molecule has 2 aliphatic heterocycles. The van der Waals surface area contributed by atoms with Gasteiger partial charge in [0.05, 0.1) is 53.8 Å². The minimum Gasteiger partial charge on any atom is -0.504 e. The van der Waals surface area contributed by atoms with E-state index in [9.17, 15) is 19.5 Å². The molecular formula is C42H34Cl3N3O7. The maximum Gasteiger partial charge on any atom is 0.260 e. The van der Waals surface area contributed by atoms with Gasteiger partial charge in [0.1, 0.15) is 5.75 Å². The number of phenols is 1. The molecule has 4 aromatic carbocycles. The fourth-order valence-electron chi connectivity index (χ4n) is 8.94. The summed E-state index contributed by atoms with van der Waals surface area (Å²) in [7, 11) is 2.99. The molecule has 6 atom stereocenters. The van der Waals surface area contributed by atoms with Crippen molar-refractivity contribution < 1.29 is 33.8 Å². The minimum atomic E-state index is -1.51. The number of carbonyl (C=O) groups excluding carboxylic acids is 4. The summed E-state index contributed by atoms with van der Waals surface area (Å²) in [5.74, 6) is -4.71. The number of fused-ring (bicyclic) bond motifs is 4. The summed E-state index contributed by atoms with van der Waals surface area (Å²) in [4.78, 5) is 60.0. The largest absolute Gasteiger partial charge is 0.504 e. The van der Waals surface area contributed by atoms with Gasteiger partial charge in [-0.3, -0.25) is 29.5 Å². The average Bonchev–Trinajstić information content (AvgIpc) is 3.56. The van der Waals surface area contributed by atoms with E-state index >= 15 is 4.79 Å². The van der Waals surface area contributed by atoms with Crippen LogP contribution in [0.2, 0.25) is 15.1 Å². The van der Waals surface area contributed by atoms with Crippen molar-refractivity contribution in [2.24, 2.45) is 29.6 Å². The Morgan fingerprint density at radius 3 is 2.24 bits per heavy atom. The number of rotatable bonds is 8. The lowest BCUT2D eigenvalue weighted by molar-refractivity contribution is -0.139. The number of carbonyl (C=O) groups is 4. The Labute approximate surface area is 331 Å². The van der Waals surface area contributed by atoms with Gasteiger partial charge in [0.25, 0.3) is 11.8 Å². The lowest BCUT2D eigenvalue weighted by atomic mass is 9.50. The number of nitrogens with one attached hydrogen (secondary N) is 1.